The lowest BCUT2D eigenvalue weighted by Gasteiger charge is -2.34. The molecule has 0 aromatic heterocycles. The molecule has 1 heterocycles. The van der Waals surface area contributed by atoms with E-state index in [0.717, 1.165) is 26.1 Å². The Kier molecular flexibility index (Phi) is 4.35. The molecule has 0 aromatic carbocycles. The predicted molar refractivity (Wildman–Crippen MR) is 55.1 cm³/mol. The molecule has 4 heteroatoms. The number of likely N-dealkylation sites (N-methyl/N-ethyl adjacent to an activating group) is 2. The van der Waals surface area contributed by atoms with Crippen LogP contribution in [0.15, 0.2) is 0 Å². The first kappa shape index (κ1) is 11.5. The van der Waals surface area contributed by atoms with Crippen molar-refractivity contribution in [2.45, 2.75) is 19.4 Å². The number of hydrogen-bond acceptors (Lipinski definition) is 4. The summed E-state index contributed by atoms with van der Waals surface area (Å²) >= 11 is 0. The summed E-state index contributed by atoms with van der Waals surface area (Å²) in [5, 5.41) is 3.37. The SMILES string of the molecule is CCNC1CC(C(=O)OC)CN(C)C1. The molecule has 1 aliphatic rings. The van der Waals surface area contributed by atoms with Gasteiger partial charge in [0.1, 0.15) is 0 Å². The summed E-state index contributed by atoms with van der Waals surface area (Å²) in [6, 6.07) is 0.419. The lowest BCUT2D eigenvalue weighted by molar-refractivity contribution is -0.147. The maximum Gasteiger partial charge on any atom is 0.310 e. The second kappa shape index (κ2) is 5.32. The molecular weight excluding hydrogens is 180 g/mol. The monoisotopic (exact) mass is 200 g/mol. The number of piperidine rings is 1. The van der Waals surface area contributed by atoms with Crippen molar-refractivity contribution in [3.63, 3.8) is 0 Å². The van der Waals surface area contributed by atoms with E-state index in [1.54, 1.807) is 0 Å². The third-order valence-electron chi connectivity index (χ3n) is 2.66. The average molecular weight is 200 g/mol. The van der Waals surface area contributed by atoms with Gasteiger partial charge in [-0.05, 0) is 20.0 Å². The Labute approximate surface area is 85.6 Å². The first-order valence-electron chi connectivity index (χ1n) is 5.17. The van der Waals surface area contributed by atoms with E-state index in [1.165, 1.54) is 7.11 Å². The summed E-state index contributed by atoms with van der Waals surface area (Å²) in [4.78, 5) is 13.6. The Morgan fingerprint density at radius 1 is 1.57 bits per heavy atom. The minimum Gasteiger partial charge on any atom is -0.469 e. The molecule has 1 rings (SSSR count). The zero-order valence-corrected chi connectivity index (χ0v) is 9.25. The number of nitrogens with one attached hydrogen (secondary N) is 1. The highest BCUT2D eigenvalue weighted by Crippen LogP contribution is 2.16. The number of methoxy groups -OCH3 is 1. The van der Waals surface area contributed by atoms with Crippen molar-refractivity contribution < 1.29 is 9.53 Å². The molecule has 1 saturated heterocycles. The molecule has 0 radical (unpaired) electrons. The van der Waals surface area contributed by atoms with Gasteiger partial charge in [0.2, 0.25) is 0 Å². The van der Waals surface area contributed by atoms with Crippen LogP contribution in [0.4, 0.5) is 0 Å². The van der Waals surface area contributed by atoms with Gasteiger partial charge < -0.3 is 15.0 Å². The van der Waals surface area contributed by atoms with Gasteiger partial charge in [0.05, 0.1) is 13.0 Å². The van der Waals surface area contributed by atoms with Crippen molar-refractivity contribution >= 4 is 5.97 Å². The number of carbonyl (C=O) groups excluding carboxylic acids is 1. The minimum absolute atomic E-state index is 0.0304. The molecular formula is C10H20N2O2. The van der Waals surface area contributed by atoms with Crippen LogP contribution in [-0.2, 0) is 9.53 Å². The van der Waals surface area contributed by atoms with Gasteiger partial charge in [-0.1, -0.05) is 6.92 Å². The van der Waals surface area contributed by atoms with Gasteiger partial charge in [-0.25, -0.2) is 0 Å². The molecule has 1 N–H and O–H groups in total. The largest absolute Gasteiger partial charge is 0.469 e. The Bertz CT molecular complexity index is 197. The standard InChI is InChI=1S/C10H20N2O2/c1-4-11-9-5-8(10(13)14-3)6-12(2)7-9/h8-9,11H,4-7H2,1-3H3. The molecule has 0 aliphatic carbocycles. The molecule has 0 amide bonds. The van der Waals surface area contributed by atoms with Crippen LogP contribution in [-0.4, -0.2) is 50.7 Å². The van der Waals surface area contributed by atoms with Gasteiger partial charge in [-0.3, -0.25) is 4.79 Å². The summed E-state index contributed by atoms with van der Waals surface area (Å²) in [6.45, 7) is 4.87. The number of nitrogens with zero attached hydrogens (tertiary/aromatic N) is 1. The topological polar surface area (TPSA) is 41.6 Å². The van der Waals surface area contributed by atoms with Crippen molar-refractivity contribution in [1.82, 2.24) is 10.2 Å². The van der Waals surface area contributed by atoms with Crippen LogP contribution < -0.4 is 5.32 Å². The molecule has 2 atom stereocenters. The van der Waals surface area contributed by atoms with Crippen LogP contribution >= 0.6 is 0 Å². The van der Waals surface area contributed by atoms with Crippen LogP contribution in [0.1, 0.15) is 13.3 Å². The van der Waals surface area contributed by atoms with Gasteiger partial charge in [0.25, 0.3) is 0 Å². The number of likely N-dealkylation sites (tertiary alicyclic amines) is 1. The van der Waals surface area contributed by atoms with Gasteiger partial charge in [0, 0.05) is 19.1 Å². The van der Waals surface area contributed by atoms with Crippen molar-refractivity contribution in [2.75, 3.05) is 33.8 Å². The number of esters is 1. The number of carbonyl (C=O) groups is 1. The predicted octanol–water partition coefficient (Wildman–Crippen LogP) is 0.0892. The first-order valence-corrected chi connectivity index (χ1v) is 5.17. The third-order valence-corrected chi connectivity index (χ3v) is 2.66. The lowest BCUT2D eigenvalue weighted by atomic mass is 9.94. The number of rotatable bonds is 3. The highest BCUT2D eigenvalue weighted by molar-refractivity contribution is 5.72. The molecule has 2 unspecified atom stereocenters. The third kappa shape index (κ3) is 2.96. The van der Waals surface area contributed by atoms with E-state index in [9.17, 15) is 4.79 Å². The zero-order chi connectivity index (χ0) is 10.6. The van der Waals surface area contributed by atoms with E-state index >= 15 is 0 Å². The lowest BCUT2D eigenvalue weighted by Crippen LogP contribution is -2.49. The first-order chi connectivity index (χ1) is 6.67. The summed E-state index contributed by atoms with van der Waals surface area (Å²) < 4.78 is 4.77. The number of hydrogen-bond donors (Lipinski definition) is 1. The molecule has 0 aromatic rings. The van der Waals surface area contributed by atoms with E-state index in [0.29, 0.717) is 6.04 Å². The molecule has 0 spiro atoms. The summed E-state index contributed by atoms with van der Waals surface area (Å²) in [6.07, 6.45) is 0.894. The Hall–Kier alpha value is -0.610. The van der Waals surface area contributed by atoms with Crippen LogP contribution in [0.25, 0.3) is 0 Å². The average Bonchev–Trinajstić information content (AvgIpc) is 2.16. The Balaban J connectivity index is 2.49. The molecule has 4 nitrogen and oxygen atoms in total. The zero-order valence-electron chi connectivity index (χ0n) is 9.25. The van der Waals surface area contributed by atoms with Crippen molar-refractivity contribution in [2.24, 2.45) is 5.92 Å². The van der Waals surface area contributed by atoms with Crippen LogP contribution in [0.5, 0.6) is 0 Å². The van der Waals surface area contributed by atoms with Crippen LogP contribution in [0, 0.1) is 5.92 Å². The van der Waals surface area contributed by atoms with Crippen LogP contribution in [0.3, 0.4) is 0 Å². The Morgan fingerprint density at radius 2 is 2.29 bits per heavy atom. The van der Waals surface area contributed by atoms with E-state index < -0.39 is 0 Å². The molecule has 14 heavy (non-hydrogen) atoms. The summed E-state index contributed by atoms with van der Waals surface area (Å²) in [5.41, 5.74) is 0. The van der Waals surface area contributed by atoms with Gasteiger partial charge in [0.15, 0.2) is 0 Å². The Morgan fingerprint density at radius 3 is 2.86 bits per heavy atom. The molecule has 0 saturated carbocycles. The second-order valence-corrected chi connectivity index (χ2v) is 3.93. The van der Waals surface area contributed by atoms with Crippen LogP contribution in [0.2, 0.25) is 0 Å². The smallest absolute Gasteiger partial charge is 0.310 e. The fourth-order valence-corrected chi connectivity index (χ4v) is 2.09. The van der Waals surface area contributed by atoms with Gasteiger partial charge in [-0.15, -0.1) is 0 Å². The fraction of sp³-hybridized carbons (Fsp3) is 0.900. The molecule has 0 bridgehead atoms. The molecule has 1 fully saturated rings. The maximum absolute atomic E-state index is 11.4. The van der Waals surface area contributed by atoms with Gasteiger partial charge >= 0.3 is 5.97 Å². The normalized spacial score (nSPS) is 28.8. The number of ether oxygens (including phenoxy) is 1. The maximum atomic E-state index is 11.4. The van der Waals surface area contributed by atoms with E-state index in [-0.39, 0.29) is 11.9 Å². The highest BCUT2D eigenvalue weighted by atomic mass is 16.5. The fourth-order valence-electron chi connectivity index (χ4n) is 2.09. The highest BCUT2D eigenvalue weighted by Gasteiger charge is 2.29. The summed E-state index contributed by atoms with van der Waals surface area (Å²) in [7, 11) is 3.50. The van der Waals surface area contributed by atoms with Crippen molar-refractivity contribution in [1.29, 1.82) is 0 Å². The van der Waals surface area contributed by atoms with Crippen molar-refractivity contribution in [3.05, 3.63) is 0 Å². The quantitative estimate of drug-likeness (QED) is 0.656. The van der Waals surface area contributed by atoms with Crippen molar-refractivity contribution in [3.8, 4) is 0 Å². The van der Waals surface area contributed by atoms with E-state index in [2.05, 4.69) is 17.1 Å². The van der Waals surface area contributed by atoms with E-state index in [4.69, 9.17) is 4.74 Å². The molecule has 82 valence electrons. The summed E-state index contributed by atoms with van der Waals surface area (Å²) in [5.74, 6) is -0.0535. The molecule has 1 aliphatic heterocycles. The second-order valence-electron chi connectivity index (χ2n) is 3.93. The van der Waals surface area contributed by atoms with Gasteiger partial charge in [-0.2, -0.15) is 0 Å². The van der Waals surface area contributed by atoms with E-state index in [1.807, 2.05) is 7.05 Å². The minimum atomic E-state index is -0.0838.